The zero-order valence-corrected chi connectivity index (χ0v) is 40.5. The number of amides is 4. The average Bonchev–Trinajstić information content (AvgIpc) is 4.18. The van der Waals surface area contributed by atoms with Gasteiger partial charge >= 0.3 is 12.2 Å². The molecule has 69 heavy (non-hydrogen) atoms. The van der Waals surface area contributed by atoms with Gasteiger partial charge in [0.1, 0.15) is 48.4 Å². The molecule has 18 heteroatoms. The summed E-state index contributed by atoms with van der Waals surface area (Å²) in [5.41, 5.74) is 7.36. The Hall–Kier alpha value is -6.14. The fourth-order valence-corrected chi connectivity index (χ4v) is 12.2. The molecule has 4 fully saturated rings. The maximum absolute atomic E-state index is 14.5. The molecular weight excluding hydrogens is 885 g/mol. The Labute approximate surface area is 401 Å². The van der Waals surface area contributed by atoms with Gasteiger partial charge in [-0.3, -0.25) is 9.59 Å². The van der Waals surface area contributed by atoms with Crippen LogP contribution in [0.5, 0.6) is 11.5 Å². The van der Waals surface area contributed by atoms with Crippen LogP contribution in [0.1, 0.15) is 121 Å². The number of aromatic amines is 2. The van der Waals surface area contributed by atoms with E-state index in [-0.39, 0.29) is 66.2 Å². The summed E-state index contributed by atoms with van der Waals surface area (Å²) in [7, 11) is 2.62. The van der Waals surface area contributed by atoms with Gasteiger partial charge in [0.25, 0.3) is 0 Å². The number of carbonyl (C=O) groups excluding carboxylic acids is 4. The van der Waals surface area contributed by atoms with E-state index >= 15 is 0 Å². The van der Waals surface area contributed by atoms with Gasteiger partial charge in [0.15, 0.2) is 0 Å². The predicted octanol–water partition coefficient (Wildman–Crippen LogP) is 7.49. The van der Waals surface area contributed by atoms with Crippen LogP contribution in [0.2, 0.25) is 0 Å². The number of nitrogens with one attached hydrogen (secondary N) is 4. The molecule has 0 radical (unpaired) electrons. The normalized spacial score (nSPS) is 27.9. The van der Waals surface area contributed by atoms with Crippen molar-refractivity contribution in [1.82, 2.24) is 40.4 Å². The number of aromatic nitrogens is 4. The van der Waals surface area contributed by atoms with E-state index in [0.29, 0.717) is 57.1 Å². The van der Waals surface area contributed by atoms with Crippen molar-refractivity contribution in [2.75, 3.05) is 20.8 Å². The molecule has 0 aliphatic carbocycles. The summed E-state index contributed by atoms with van der Waals surface area (Å²) >= 11 is 0. The molecule has 6 aliphatic rings. The van der Waals surface area contributed by atoms with Crippen molar-refractivity contribution in [3.05, 3.63) is 59.4 Å². The Morgan fingerprint density at radius 1 is 0.652 bits per heavy atom. The van der Waals surface area contributed by atoms with Gasteiger partial charge in [0, 0.05) is 46.0 Å². The second kappa shape index (κ2) is 19.0. The molecule has 6 aliphatic heterocycles. The number of likely N-dealkylation sites (tertiary alicyclic amines) is 2. The SMILES string of the molecule is COC(=O)N[C@H](C(=O)N1CCC[C@H]1c1ncc(-c2cc3c4c(c2)OCc2cc(-c5cnc([C@@H]6CC[C@H](C)N6C(=O)[C@@H](NC(=O)OC)C6C[C@@H](C)O[C@H](C)C6)[nH]5)cc(c2-4)OC3)[nH]1)C1C[C@@H](C)O[C@H](C)C1. The molecule has 0 unspecified atom stereocenters. The average molecular weight is 949 g/mol. The Bertz CT molecular complexity index is 2540. The van der Waals surface area contributed by atoms with Crippen molar-refractivity contribution >= 4 is 24.0 Å². The number of hydrogen-bond donors (Lipinski definition) is 4. The first-order chi connectivity index (χ1) is 33.3. The van der Waals surface area contributed by atoms with Crippen molar-refractivity contribution < 1.29 is 47.6 Å². The zero-order valence-electron chi connectivity index (χ0n) is 40.5. The lowest BCUT2D eigenvalue weighted by atomic mass is 9.85. The predicted molar refractivity (Wildman–Crippen MR) is 252 cm³/mol. The first kappa shape index (κ1) is 46.6. The highest BCUT2D eigenvalue weighted by molar-refractivity contribution is 5.89. The molecule has 9 atom stereocenters. The Balaban J connectivity index is 0.870. The van der Waals surface area contributed by atoms with Crippen LogP contribution in [0.15, 0.2) is 36.7 Å². The summed E-state index contributed by atoms with van der Waals surface area (Å²) in [6.45, 7) is 11.3. The number of alkyl carbamates (subject to hydrolysis) is 2. The van der Waals surface area contributed by atoms with Crippen molar-refractivity contribution in [2.45, 2.75) is 154 Å². The molecule has 0 bridgehead atoms. The second-order valence-electron chi connectivity index (χ2n) is 20.0. The van der Waals surface area contributed by atoms with Gasteiger partial charge in [0.2, 0.25) is 11.8 Å². The van der Waals surface area contributed by atoms with Gasteiger partial charge in [-0.05, 0) is 122 Å². The summed E-state index contributed by atoms with van der Waals surface area (Å²) < 4.78 is 34.9. The second-order valence-corrected chi connectivity index (χ2v) is 20.0. The minimum absolute atomic E-state index is 0.0329. The number of methoxy groups -OCH3 is 2. The van der Waals surface area contributed by atoms with Gasteiger partial charge in [-0.25, -0.2) is 19.6 Å². The van der Waals surface area contributed by atoms with Crippen molar-refractivity contribution in [2.24, 2.45) is 11.8 Å². The number of carbonyl (C=O) groups is 4. The molecule has 2 aromatic carbocycles. The lowest BCUT2D eigenvalue weighted by molar-refractivity contribution is -0.140. The standard InChI is InChI=1S/C51H64N8O10/c1-25-10-11-39(59(25)49(61)45(57-51(63)65-7)33-15-28(4)69-29(5)16-33)47-53-22-37(55-47)31-18-35-24-66-40-19-30(17-34-23-67-41(20-31)43(35)42(34)40)36-21-52-46(54-36)38-9-8-12-58(38)48(60)44(56-50(62)64-6)32-13-26(2)68-27(3)14-32/h17-22,25-29,32-33,38-39,44-45H,8-16,23-24H2,1-7H3,(H,52,54)(H,53,55)(H,56,62)(H,57,63)/t25-,26+,27+,28+,29+,38-,39-,44-,45-/m0/s1. The number of ether oxygens (including phenoxy) is 6. The van der Waals surface area contributed by atoms with Crippen LogP contribution in [-0.2, 0) is 41.8 Å². The molecule has 4 saturated heterocycles. The molecule has 4 amide bonds. The van der Waals surface area contributed by atoms with Crippen LogP contribution >= 0.6 is 0 Å². The third-order valence-corrected chi connectivity index (χ3v) is 15.1. The van der Waals surface area contributed by atoms with E-state index in [1.165, 1.54) is 14.2 Å². The van der Waals surface area contributed by atoms with Crippen molar-refractivity contribution in [3.8, 4) is 45.1 Å². The molecule has 18 nitrogen and oxygen atoms in total. The number of H-pyrrole nitrogens is 2. The van der Waals surface area contributed by atoms with Crippen LogP contribution in [0.3, 0.4) is 0 Å². The fourth-order valence-electron chi connectivity index (χ4n) is 12.2. The number of rotatable bonds is 10. The molecule has 4 N–H and O–H groups in total. The minimum Gasteiger partial charge on any atom is -0.488 e. The molecule has 0 spiro atoms. The molecule has 368 valence electrons. The Morgan fingerprint density at radius 3 is 1.62 bits per heavy atom. The monoisotopic (exact) mass is 948 g/mol. The summed E-state index contributed by atoms with van der Waals surface area (Å²) in [5.74, 6) is 2.40. The molecule has 4 aromatic rings. The molecular formula is C51H64N8O10. The highest BCUT2D eigenvalue weighted by Gasteiger charge is 2.45. The van der Waals surface area contributed by atoms with Crippen LogP contribution in [0.4, 0.5) is 9.59 Å². The van der Waals surface area contributed by atoms with E-state index in [1.54, 1.807) is 6.20 Å². The summed E-state index contributed by atoms with van der Waals surface area (Å²) in [6, 6.07) is 6.14. The molecule has 8 heterocycles. The first-order valence-electron chi connectivity index (χ1n) is 24.6. The smallest absolute Gasteiger partial charge is 0.407 e. The van der Waals surface area contributed by atoms with Crippen LogP contribution in [0, 0.1) is 11.8 Å². The topological polar surface area (TPSA) is 212 Å². The lowest BCUT2D eigenvalue weighted by Gasteiger charge is -2.39. The fraction of sp³-hybridized carbons (Fsp3) is 0.569. The third-order valence-electron chi connectivity index (χ3n) is 15.1. The first-order valence-corrected chi connectivity index (χ1v) is 24.6. The van der Waals surface area contributed by atoms with E-state index in [0.717, 1.165) is 82.0 Å². The van der Waals surface area contributed by atoms with E-state index < -0.39 is 24.3 Å². The van der Waals surface area contributed by atoms with E-state index in [1.807, 2.05) is 62.7 Å². The van der Waals surface area contributed by atoms with Gasteiger partial charge in [0.05, 0.1) is 74.5 Å². The van der Waals surface area contributed by atoms with Gasteiger partial charge < -0.3 is 58.8 Å². The van der Waals surface area contributed by atoms with Gasteiger partial charge in [-0.1, -0.05) is 0 Å². The Kier molecular flexibility index (Phi) is 12.8. The number of imidazole rings is 2. The summed E-state index contributed by atoms with van der Waals surface area (Å²) in [5, 5.41) is 5.74. The number of nitrogens with zero attached hydrogens (tertiary/aromatic N) is 4. The van der Waals surface area contributed by atoms with Crippen molar-refractivity contribution in [1.29, 1.82) is 0 Å². The number of benzene rings is 2. The van der Waals surface area contributed by atoms with Crippen molar-refractivity contribution in [3.63, 3.8) is 0 Å². The van der Waals surface area contributed by atoms with Gasteiger partial charge in [-0.2, -0.15) is 0 Å². The van der Waals surface area contributed by atoms with E-state index in [4.69, 9.17) is 38.4 Å². The Morgan fingerprint density at radius 2 is 1.13 bits per heavy atom. The maximum Gasteiger partial charge on any atom is 0.407 e. The summed E-state index contributed by atoms with van der Waals surface area (Å²) in [6.07, 6.45) is 7.88. The highest BCUT2D eigenvalue weighted by atomic mass is 16.5. The van der Waals surface area contributed by atoms with Crippen LogP contribution in [0.25, 0.3) is 33.6 Å². The van der Waals surface area contributed by atoms with Crippen LogP contribution < -0.4 is 20.1 Å². The third kappa shape index (κ3) is 9.01. The maximum atomic E-state index is 14.5. The minimum atomic E-state index is -0.760. The quantitative estimate of drug-likeness (QED) is 0.122. The highest BCUT2D eigenvalue weighted by Crippen LogP contribution is 2.51. The van der Waals surface area contributed by atoms with E-state index in [2.05, 4.69) is 32.7 Å². The van der Waals surface area contributed by atoms with Gasteiger partial charge in [-0.15, -0.1) is 0 Å². The van der Waals surface area contributed by atoms with E-state index in [9.17, 15) is 19.2 Å². The number of hydrogen-bond acceptors (Lipinski definition) is 12. The molecule has 2 aromatic heterocycles. The largest absolute Gasteiger partial charge is 0.488 e. The lowest BCUT2D eigenvalue weighted by Crippen LogP contribution is -2.55. The molecule has 10 rings (SSSR count). The molecule has 0 saturated carbocycles. The zero-order chi connectivity index (χ0) is 48.2. The van der Waals surface area contributed by atoms with Crippen LogP contribution in [-0.4, -0.2) is 117 Å². The summed E-state index contributed by atoms with van der Waals surface area (Å²) in [4.78, 5) is 74.5.